The molecule has 0 aliphatic rings. The highest BCUT2D eigenvalue weighted by Crippen LogP contribution is 2.39. The van der Waals surface area contributed by atoms with E-state index in [0.29, 0.717) is 0 Å². The Morgan fingerprint density at radius 1 is 1.00 bits per heavy atom. The summed E-state index contributed by atoms with van der Waals surface area (Å²) in [6.07, 6.45) is -7.39. The van der Waals surface area contributed by atoms with Gasteiger partial charge in [-0.2, -0.15) is 22.0 Å². The molecule has 21 heavy (non-hydrogen) atoms. The molecular weight excluding hydrogens is 293 g/mol. The van der Waals surface area contributed by atoms with Gasteiger partial charge in [-0.05, 0) is 16.5 Å². The molecule has 0 atom stereocenters. The molecule has 0 radical (unpaired) electrons. The first-order valence-electron chi connectivity index (χ1n) is 6.15. The molecule has 7 heteroatoms. The fourth-order valence-corrected chi connectivity index (χ4v) is 1.67. The van der Waals surface area contributed by atoms with E-state index in [9.17, 15) is 22.0 Å². The van der Waals surface area contributed by atoms with Gasteiger partial charge in [-0.1, -0.05) is 50.2 Å². The van der Waals surface area contributed by atoms with Crippen LogP contribution in [-0.4, -0.2) is 23.0 Å². The van der Waals surface area contributed by atoms with Crippen molar-refractivity contribution in [2.75, 3.05) is 0 Å². The van der Waals surface area contributed by atoms with Crippen LogP contribution in [0.2, 0.25) is 0 Å². The predicted octanol–water partition coefficient (Wildman–Crippen LogP) is 4.75. The molecule has 0 unspecified atom stereocenters. The topological polar surface area (TPSA) is 32.6 Å². The van der Waals surface area contributed by atoms with Gasteiger partial charge < -0.3 is 5.21 Å². The second-order valence-electron chi connectivity index (χ2n) is 5.75. The average molecular weight is 309 g/mol. The number of halogens is 5. The van der Waals surface area contributed by atoms with E-state index in [1.54, 1.807) is 12.1 Å². The Kier molecular flexibility index (Phi) is 4.65. The lowest BCUT2D eigenvalue weighted by atomic mass is 9.86. The van der Waals surface area contributed by atoms with Crippen molar-refractivity contribution in [3.8, 4) is 0 Å². The minimum absolute atomic E-state index is 0.0226. The fraction of sp³-hybridized carbons (Fsp3) is 0.500. The zero-order valence-corrected chi connectivity index (χ0v) is 11.8. The van der Waals surface area contributed by atoms with Crippen molar-refractivity contribution >= 4 is 5.71 Å². The van der Waals surface area contributed by atoms with E-state index in [-0.39, 0.29) is 11.0 Å². The smallest absolute Gasteiger partial charge is 0.411 e. The van der Waals surface area contributed by atoms with Crippen LogP contribution in [-0.2, 0) is 5.41 Å². The molecule has 1 rings (SSSR count). The Morgan fingerprint density at radius 3 is 1.81 bits per heavy atom. The lowest BCUT2D eigenvalue weighted by molar-refractivity contribution is -0.278. The van der Waals surface area contributed by atoms with Crippen LogP contribution in [0, 0.1) is 0 Å². The SMILES string of the molecule is CC(C)(C)c1ccc(/C(CC(F)(F)C(F)(F)F)=N/O)cc1. The van der Waals surface area contributed by atoms with Crippen molar-refractivity contribution in [2.45, 2.75) is 44.7 Å². The minimum atomic E-state index is -5.69. The fourth-order valence-electron chi connectivity index (χ4n) is 1.67. The third-order valence-corrected chi connectivity index (χ3v) is 3.01. The molecule has 1 aromatic rings. The van der Waals surface area contributed by atoms with Crippen molar-refractivity contribution < 1.29 is 27.2 Å². The predicted molar refractivity (Wildman–Crippen MR) is 69.1 cm³/mol. The number of oxime groups is 1. The molecule has 0 saturated heterocycles. The first kappa shape index (κ1) is 17.4. The van der Waals surface area contributed by atoms with Crippen molar-refractivity contribution in [1.29, 1.82) is 0 Å². The number of rotatable bonds is 3. The Morgan fingerprint density at radius 2 is 1.48 bits per heavy atom. The van der Waals surface area contributed by atoms with Crippen LogP contribution in [0.25, 0.3) is 0 Å². The molecule has 0 spiro atoms. The normalized spacial score (nSPS) is 14.4. The summed E-state index contributed by atoms with van der Waals surface area (Å²) in [6, 6.07) is 5.93. The maximum Gasteiger partial charge on any atom is 0.453 e. The first-order valence-corrected chi connectivity index (χ1v) is 6.15. The van der Waals surface area contributed by atoms with E-state index in [1.165, 1.54) is 12.1 Å². The summed E-state index contributed by atoms with van der Waals surface area (Å²) in [5.41, 5.74) is 0.00337. The Hall–Kier alpha value is -1.66. The van der Waals surface area contributed by atoms with E-state index in [4.69, 9.17) is 5.21 Å². The molecule has 0 aromatic heterocycles. The number of benzene rings is 1. The summed E-state index contributed by atoms with van der Waals surface area (Å²) >= 11 is 0. The molecule has 2 nitrogen and oxygen atoms in total. The van der Waals surface area contributed by atoms with Crippen molar-refractivity contribution in [3.05, 3.63) is 35.4 Å². The van der Waals surface area contributed by atoms with Gasteiger partial charge in [0.05, 0.1) is 12.1 Å². The van der Waals surface area contributed by atoms with Gasteiger partial charge in [0, 0.05) is 0 Å². The van der Waals surface area contributed by atoms with E-state index in [1.807, 2.05) is 20.8 Å². The molecule has 0 aliphatic heterocycles. The molecule has 0 fully saturated rings. The van der Waals surface area contributed by atoms with Gasteiger partial charge in [0.1, 0.15) is 0 Å². The highest BCUT2D eigenvalue weighted by atomic mass is 19.4. The summed E-state index contributed by atoms with van der Waals surface area (Å²) in [4.78, 5) is 0. The van der Waals surface area contributed by atoms with Gasteiger partial charge >= 0.3 is 12.1 Å². The molecule has 0 heterocycles. The van der Waals surface area contributed by atoms with E-state index in [0.717, 1.165) is 5.56 Å². The van der Waals surface area contributed by atoms with Crippen LogP contribution in [0.5, 0.6) is 0 Å². The van der Waals surface area contributed by atoms with Crippen LogP contribution in [0.15, 0.2) is 29.4 Å². The monoisotopic (exact) mass is 309 g/mol. The van der Waals surface area contributed by atoms with Crippen LogP contribution < -0.4 is 0 Å². The summed E-state index contributed by atoms with van der Waals surface area (Å²) in [6.45, 7) is 5.79. The lowest BCUT2D eigenvalue weighted by Gasteiger charge is -2.21. The maximum absolute atomic E-state index is 13.0. The molecule has 0 aliphatic carbocycles. The van der Waals surface area contributed by atoms with Crippen molar-refractivity contribution in [1.82, 2.24) is 0 Å². The van der Waals surface area contributed by atoms with Crippen molar-refractivity contribution in [3.63, 3.8) is 0 Å². The van der Waals surface area contributed by atoms with Gasteiger partial charge in [0.15, 0.2) is 0 Å². The van der Waals surface area contributed by atoms with Gasteiger partial charge in [-0.25, -0.2) is 0 Å². The van der Waals surface area contributed by atoms with E-state index >= 15 is 0 Å². The van der Waals surface area contributed by atoms with Gasteiger partial charge in [0.2, 0.25) is 0 Å². The Bertz CT molecular complexity index is 512. The quantitative estimate of drug-likeness (QED) is 0.371. The van der Waals surface area contributed by atoms with Crippen molar-refractivity contribution in [2.24, 2.45) is 5.16 Å². The largest absolute Gasteiger partial charge is 0.453 e. The summed E-state index contributed by atoms with van der Waals surface area (Å²) in [5.74, 6) is -4.95. The lowest BCUT2D eigenvalue weighted by Crippen LogP contribution is -2.38. The van der Waals surface area contributed by atoms with Gasteiger partial charge in [-0.3, -0.25) is 0 Å². The minimum Gasteiger partial charge on any atom is -0.411 e. The number of hydrogen-bond donors (Lipinski definition) is 1. The van der Waals surface area contributed by atoms with Crippen LogP contribution >= 0.6 is 0 Å². The van der Waals surface area contributed by atoms with Crippen LogP contribution in [0.1, 0.15) is 38.3 Å². The summed E-state index contributed by atoms with van der Waals surface area (Å²) < 4.78 is 62.5. The third kappa shape index (κ3) is 4.15. The second kappa shape index (κ2) is 5.61. The standard InChI is InChI=1S/C14H16F5NO/c1-12(2,3)10-6-4-9(5-7-10)11(20-21)8-13(15,16)14(17,18)19/h4-7,21H,8H2,1-3H3/b20-11+. The van der Waals surface area contributed by atoms with Gasteiger partial charge in [0.25, 0.3) is 0 Å². The van der Waals surface area contributed by atoms with Crippen LogP contribution in [0.4, 0.5) is 22.0 Å². The highest BCUT2D eigenvalue weighted by Gasteiger charge is 2.57. The third-order valence-electron chi connectivity index (χ3n) is 3.01. The number of nitrogens with zero attached hydrogens (tertiary/aromatic N) is 1. The molecule has 1 aromatic carbocycles. The molecule has 0 bridgehead atoms. The molecule has 118 valence electrons. The Balaban J connectivity index is 3.03. The molecule has 1 N–H and O–H groups in total. The molecular formula is C14H16F5NO. The zero-order valence-electron chi connectivity index (χ0n) is 11.8. The highest BCUT2D eigenvalue weighted by molar-refractivity contribution is 6.00. The molecule has 0 amide bonds. The summed E-state index contributed by atoms with van der Waals surface area (Å²) in [5, 5.41) is 11.3. The second-order valence-corrected chi connectivity index (χ2v) is 5.75. The van der Waals surface area contributed by atoms with E-state index in [2.05, 4.69) is 5.16 Å². The zero-order chi connectivity index (χ0) is 16.5. The molecule has 0 saturated carbocycles. The van der Waals surface area contributed by atoms with Gasteiger partial charge in [-0.15, -0.1) is 0 Å². The first-order chi connectivity index (χ1) is 9.38. The van der Waals surface area contributed by atoms with Crippen LogP contribution in [0.3, 0.4) is 0 Å². The maximum atomic E-state index is 13.0. The Labute approximate surface area is 119 Å². The average Bonchev–Trinajstić information content (AvgIpc) is 2.33. The summed E-state index contributed by atoms with van der Waals surface area (Å²) in [7, 11) is 0. The number of hydrogen-bond acceptors (Lipinski definition) is 2. The van der Waals surface area contributed by atoms with E-state index < -0.39 is 24.2 Å². The number of alkyl halides is 5.